The van der Waals surface area contributed by atoms with Gasteiger partial charge in [-0.15, -0.1) is 0 Å². The first-order valence-corrected chi connectivity index (χ1v) is 11.2. The molecule has 0 bridgehead atoms. The van der Waals surface area contributed by atoms with Gasteiger partial charge in [-0.1, -0.05) is 35.9 Å². The SMILES string of the molecule is COC(=O)C1=C(C)NC2=C(C(=O)CCC2)[C@@H]1c1ccc(OCc2ccccc2Cl)c(OC)c1. The molecule has 0 saturated carbocycles. The van der Waals surface area contributed by atoms with Gasteiger partial charge >= 0.3 is 5.97 Å². The van der Waals surface area contributed by atoms with E-state index >= 15 is 0 Å². The third kappa shape index (κ3) is 4.48. The van der Waals surface area contributed by atoms with Crippen molar-refractivity contribution in [2.24, 2.45) is 0 Å². The standard InChI is InChI=1S/C26H26ClNO5/c1-15-23(26(30)32-3)24(25-19(28-15)9-6-10-20(25)29)16-11-12-21(22(13-16)31-2)33-14-17-7-4-5-8-18(17)27/h4-5,7-8,11-13,24,28H,6,9-10,14H2,1-3H3/t24-/m1/s1. The second-order valence-electron chi connectivity index (χ2n) is 8.05. The van der Waals surface area contributed by atoms with E-state index in [1.54, 1.807) is 13.2 Å². The van der Waals surface area contributed by atoms with Gasteiger partial charge in [-0.25, -0.2) is 4.79 Å². The molecule has 0 unspecified atom stereocenters. The number of halogens is 1. The number of carbonyl (C=O) groups is 2. The number of ether oxygens (including phenoxy) is 3. The molecule has 0 spiro atoms. The molecule has 4 rings (SSSR count). The lowest BCUT2D eigenvalue weighted by molar-refractivity contribution is -0.136. The van der Waals surface area contributed by atoms with Crippen molar-refractivity contribution in [2.75, 3.05) is 14.2 Å². The number of hydrogen-bond acceptors (Lipinski definition) is 6. The van der Waals surface area contributed by atoms with Crippen molar-refractivity contribution in [3.05, 3.63) is 81.2 Å². The molecular weight excluding hydrogens is 442 g/mol. The molecule has 0 amide bonds. The fourth-order valence-corrected chi connectivity index (χ4v) is 4.64. The molecule has 1 heterocycles. The van der Waals surface area contributed by atoms with E-state index in [-0.39, 0.29) is 12.4 Å². The highest BCUT2D eigenvalue weighted by Gasteiger charge is 2.39. The summed E-state index contributed by atoms with van der Waals surface area (Å²) in [5.74, 6) is 0.0894. The molecule has 0 radical (unpaired) electrons. The van der Waals surface area contributed by atoms with Crippen LogP contribution in [0.15, 0.2) is 65.0 Å². The number of benzene rings is 2. The molecule has 6 nitrogen and oxygen atoms in total. The summed E-state index contributed by atoms with van der Waals surface area (Å²) in [4.78, 5) is 25.7. The van der Waals surface area contributed by atoms with Crippen molar-refractivity contribution in [2.45, 2.75) is 38.7 Å². The maximum Gasteiger partial charge on any atom is 0.336 e. The molecule has 172 valence electrons. The maximum atomic E-state index is 12.9. The van der Waals surface area contributed by atoms with Crippen LogP contribution in [-0.2, 0) is 20.9 Å². The molecule has 2 aromatic rings. The first kappa shape index (κ1) is 22.9. The average molecular weight is 468 g/mol. The highest BCUT2D eigenvalue weighted by molar-refractivity contribution is 6.31. The van der Waals surface area contributed by atoms with Crippen LogP contribution in [0.1, 0.15) is 43.2 Å². The van der Waals surface area contributed by atoms with E-state index in [2.05, 4.69) is 5.32 Å². The van der Waals surface area contributed by atoms with Crippen LogP contribution in [0.5, 0.6) is 11.5 Å². The number of methoxy groups -OCH3 is 2. The summed E-state index contributed by atoms with van der Waals surface area (Å²) < 4.78 is 16.6. The van der Waals surface area contributed by atoms with Crippen LogP contribution in [0.4, 0.5) is 0 Å². The van der Waals surface area contributed by atoms with Crippen molar-refractivity contribution in [1.29, 1.82) is 0 Å². The highest BCUT2D eigenvalue weighted by Crippen LogP contribution is 2.44. The minimum Gasteiger partial charge on any atom is -0.493 e. The minimum absolute atomic E-state index is 0.0423. The lowest BCUT2D eigenvalue weighted by Gasteiger charge is -2.34. The minimum atomic E-state index is -0.534. The molecule has 2 aromatic carbocycles. The smallest absolute Gasteiger partial charge is 0.336 e. The number of carbonyl (C=O) groups excluding carboxylic acids is 2. The summed E-state index contributed by atoms with van der Waals surface area (Å²) in [6.45, 7) is 2.11. The summed E-state index contributed by atoms with van der Waals surface area (Å²) >= 11 is 6.24. The van der Waals surface area contributed by atoms with E-state index in [9.17, 15) is 9.59 Å². The first-order valence-electron chi connectivity index (χ1n) is 10.8. The van der Waals surface area contributed by atoms with Crippen LogP contribution in [0.25, 0.3) is 0 Å². The van der Waals surface area contributed by atoms with Gasteiger partial charge in [-0.2, -0.15) is 0 Å². The normalized spacial score (nSPS) is 17.9. The molecule has 0 fully saturated rings. The molecule has 1 atom stereocenters. The summed E-state index contributed by atoms with van der Waals surface area (Å²) in [5.41, 5.74) is 4.24. The third-order valence-corrected chi connectivity index (χ3v) is 6.41. The lowest BCUT2D eigenvalue weighted by Crippen LogP contribution is -2.34. The van der Waals surface area contributed by atoms with Gasteiger partial charge in [-0.05, 0) is 43.5 Å². The van der Waals surface area contributed by atoms with E-state index in [1.807, 2.05) is 43.3 Å². The average Bonchev–Trinajstić information content (AvgIpc) is 2.82. The topological polar surface area (TPSA) is 73.9 Å². The monoisotopic (exact) mass is 467 g/mol. The number of dihydropyridines is 1. The molecule has 0 saturated heterocycles. The molecule has 1 aliphatic carbocycles. The lowest BCUT2D eigenvalue weighted by atomic mass is 9.75. The number of ketones is 1. The van der Waals surface area contributed by atoms with Crippen LogP contribution in [0.3, 0.4) is 0 Å². The molecular formula is C26H26ClNO5. The number of Topliss-reactive ketones (excluding diaryl/α,β-unsaturated/α-hetero) is 1. The van der Waals surface area contributed by atoms with Gasteiger partial charge in [0.1, 0.15) is 6.61 Å². The van der Waals surface area contributed by atoms with Crippen LogP contribution in [0, 0.1) is 0 Å². The fourth-order valence-electron chi connectivity index (χ4n) is 4.45. The van der Waals surface area contributed by atoms with E-state index in [1.165, 1.54) is 7.11 Å². The Labute approximate surface area is 198 Å². The Balaban J connectivity index is 1.73. The van der Waals surface area contributed by atoms with Crippen LogP contribution >= 0.6 is 11.6 Å². The zero-order valence-electron chi connectivity index (χ0n) is 18.9. The zero-order chi connectivity index (χ0) is 23.5. The van der Waals surface area contributed by atoms with Gasteiger partial charge in [-0.3, -0.25) is 4.79 Å². The van der Waals surface area contributed by atoms with Crippen LogP contribution < -0.4 is 14.8 Å². The molecule has 1 N–H and O–H groups in total. The summed E-state index contributed by atoms with van der Waals surface area (Å²) in [6, 6.07) is 13.0. The molecule has 33 heavy (non-hydrogen) atoms. The third-order valence-electron chi connectivity index (χ3n) is 6.04. The number of esters is 1. The zero-order valence-corrected chi connectivity index (χ0v) is 19.6. The van der Waals surface area contributed by atoms with Crippen molar-refractivity contribution in [1.82, 2.24) is 5.32 Å². The van der Waals surface area contributed by atoms with Crippen LogP contribution in [0.2, 0.25) is 5.02 Å². The molecule has 1 aliphatic heterocycles. The predicted octanol–water partition coefficient (Wildman–Crippen LogP) is 5.07. The molecule has 2 aliphatic rings. The Morgan fingerprint density at radius 2 is 1.91 bits per heavy atom. The fraction of sp³-hybridized carbons (Fsp3) is 0.308. The number of hydrogen-bond donors (Lipinski definition) is 1. The number of nitrogens with one attached hydrogen (secondary N) is 1. The van der Waals surface area contributed by atoms with Crippen molar-refractivity contribution in [3.8, 4) is 11.5 Å². The summed E-state index contributed by atoms with van der Waals surface area (Å²) in [7, 11) is 2.90. The Morgan fingerprint density at radius 1 is 1.12 bits per heavy atom. The number of allylic oxidation sites excluding steroid dienone is 3. The van der Waals surface area contributed by atoms with E-state index < -0.39 is 11.9 Å². The van der Waals surface area contributed by atoms with Crippen molar-refractivity contribution >= 4 is 23.4 Å². The summed E-state index contributed by atoms with van der Waals surface area (Å²) in [6.07, 6.45) is 2.01. The van der Waals surface area contributed by atoms with Gasteiger partial charge in [0.25, 0.3) is 0 Å². The van der Waals surface area contributed by atoms with Crippen molar-refractivity contribution < 1.29 is 23.8 Å². The van der Waals surface area contributed by atoms with E-state index in [0.29, 0.717) is 39.8 Å². The second kappa shape index (κ2) is 9.71. The van der Waals surface area contributed by atoms with Gasteiger partial charge in [0.05, 0.1) is 19.8 Å². The Hall–Kier alpha value is -3.25. The van der Waals surface area contributed by atoms with Crippen molar-refractivity contribution in [3.63, 3.8) is 0 Å². The first-order chi connectivity index (χ1) is 15.9. The second-order valence-corrected chi connectivity index (χ2v) is 8.45. The maximum absolute atomic E-state index is 12.9. The van der Waals surface area contributed by atoms with Gasteiger partial charge < -0.3 is 19.5 Å². The highest BCUT2D eigenvalue weighted by atomic mass is 35.5. The van der Waals surface area contributed by atoms with Crippen LogP contribution in [-0.4, -0.2) is 26.0 Å². The quantitative estimate of drug-likeness (QED) is 0.598. The largest absolute Gasteiger partial charge is 0.493 e. The predicted molar refractivity (Wildman–Crippen MR) is 125 cm³/mol. The Kier molecular flexibility index (Phi) is 6.75. The van der Waals surface area contributed by atoms with Gasteiger partial charge in [0.15, 0.2) is 17.3 Å². The Bertz CT molecular complexity index is 1170. The summed E-state index contributed by atoms with van der Waals surface area (Å²) in [5, 5.41) is 3.89. The number of rotatable bonds is 6. The Morgan fingerprint density at radius 3 is 2.64 bits per heavy atom. The molecule has 0 aromatic heterocycles. The van der Waals surface area contributed by atoms with E-state index in [4.69, 9.17) is 25.8 Å². The molecule has 7 heteroatoms. The van der Waals surface area contributed by atoms with Gasteiger partial charge in [0, 0.05) is 39.9 Å². The van der Waals surface area contributed by atoms with Gasteiger partial charge in [0.2, 0.25) is 0 Å². The van der Waals surface area contributed by atoms with E-state index in [0.717, 1.165) is 29.7 Å².